The Hall–Kier alpha value is -0.200. The van der Waals surface area contributed by atoms with Gasteiger partial charge in [0.1, 0.15) is 0 Å². The molecule has 3 fully saturated rings. The van der Waals surface area contributed by atoms with Gasteiger partial charge < -0.3 is 0 Å². The number of hydrogen-bond acceptors (Lipinski definition) is 0. The summed E-state index contributed by atoms with van der Waals surface area (Å²) in [6.45, 7) is 0. The van der Waals surface area contributed by atoms with Gasteiger partial charge in [-0.1, -0.05) is 23.7 Å². The van der Waals surface area contributed by atoms with Gasteiger partial charge in [0, 0.05) is 5.02 Å². The zero-order valence-corrected chi connectivity index (χ0v) is 11.2. The van der Waals surface area contributed by atoms with Gasteiger partial charge in [-0.15, -0.1) is 11.6 Å². The first-order chi connectivity index (χ1) is 8.25. The molecule has 0 amide bonds. The maximum Gasteiger partial charge on any atom is 0.0619 e. The Kier molecular flexibility index (Phi) is 2.30. The van der Waals surface area contributed by atoms with E-state index in [4.69, 9.17) is 23.2 Å². The van der Waals surface area contributed by atoms with Gasteiger partial charge in [0.2, 0.25) is 0 Å². The van der Waals surface area contributed by atoms with Crippen molar-refractivity contribution < 1.29 is 0 Å². The van der Waals surface area contributed by atoms with Gasteiger partial charge in [-0.05, 0) is 66.5 Å². The highest BCUT2D eigenvalue weighted by molar-refractivity contribution is 6.30. The number of fused-ring (bicyclic) bond motifs is 5. The van der Waals surface area contributed by atoms with Crippen LogP contribution in [0.15, 0.2) is 24.3 Å². The molecule has 1 aromatic rings. The van der Waals surface area contributed by atoms with E-state index in [9.17, 15) is 0 Å². The van der Waals surface area contributed by atoms with Crippen molar-refractivity contribution in [2.45, 2.75) is 24.6 Å². The number of alkyl halides is 1. The van der Waals surface area contributed by atoms with E-state index in [0.29, 0.717) is 0 Å². The summed E-state index contributed by atoms with van der Waals surface area (Å²) in [6, 6.07) is 8.10. The van der Waals surface area contributed by atoms with Crippen molar-refractivity contribution in [3.63, 3.8) is 0 Å². The van der Waals surface area contributed by atoms with Crippen LogP contribution in [0.3, 0.4) is 0 Å². The topological polar surface area (TPSA) is 0 Å². The van der Waals surface area contributed by atoms with Crippen LogP contribution in [-0.4, -0.2) is 0 Å². The SMILES string of the molecule is Clc1ccc(C(Cl)C2C3C4CCC(C4)C32)cc1. The minimum atomic E-state index is 0.214. The van der Waals surface area contributed by atoms with Gasteiger partial charge >= 0.3 is 0 Å². The van der Waals surface area contributed by atoms with E-state index in [1.165, 1.54) is 24.8 Å². The predicted octanol–water partition coefficient (Wildman–Crippen LogP) is 4.91. The molecule has 3 saturated carbocycles. The molecule has 3 aliphatic carbocycles. The zero-order chi connectivity index (χ0) is 11.6. The zero-order valence-electron chi connectivity index (χ0n) is 9.65. The van der Waals surface area contributed by atoms with Crippen molar-refractivity contribution >= 4 is 23.2 Å². The van der Waals surface area contributed by atoms with Crippen LogP contribution in [0, 0.1) is 29.6 Å². The molecule has 0 aliphatic heterocycles. The molecule has 2 heteroatoms. The highest BCUT2D eigenvalue weighted by atomic mass is 35.5. The molecule has 0 saturated heterocycles. The Morgan fingerprint density at radius 2 is 1.59 bits per heavy atom. The Bertz CT molecular complexity index is 423. The van der Waals surface area contributed by atoms with Gasteiger partial charge in [0.15, 0.2) is 0 Å². The van der Waals surface area contributed by atoms with Crippen LogP contribution in [0.4, 0.5) is 0 Å². The summed E-state index contributed by atoms with van der Waals surface area (Å²) in [5.41, 5.74) is 1.26. The third-order valence-electron chi connectivity index (χ3n) is 5.32. The fourth-order valence-electron chi connectivity index (χ4n) is 4.65. The molecule has 3 aliphatic rings. The first-order valence-electron chi connectivity index (χ1n) is 6.65. The van der Waals surface area contributed by atoms with Crippen LogP contribution in [0.25, 0.3) is 0 Å². The van der Waals surface area contributed by atoms with Gasteiger partial charge in [-0.3, -0.25) is 0 Å². The van der Waals surface area contributed by atoms with E-state index in [-0.39, 0.29) is 5.38 Å². The molecule has 0 radical (unpaired) electrons. The van der Waals surface area contributed by atoms with Crippen LogP contribution in [0.1, 0.15) is 30.2 Å². The highest BCUT2D eigenvalue weighted by Gasteiger charge is 2.66. The van der Waals surface area contributed by atoms with Crippen LogP contribution < -0.4 is 0 Å². The van der Waals surface area contributed by atoms with E-state index < -0.39 is 0 Å². The van der Waals surface area contributed by atoms with Crippen LogP contribution in [-0.2, 0) is 0 Å². The standard InChI is InChI=1S/C15H16Cl2/c16-11-5-3-8(4-6-11)15(17)14-12-9-1-2-10(7-9)13(12)14/h3-6,9-10,12-15H,1-2,7H2. The lowest BCUT2D eigenvalue weighted by atomic mass is 9.97. The summed E-state index contributed by atoms with van der Waals surface area (Å²) < 4.78 is 0. The van der Waals surface area contributed by atoms with E-state index in [1.54, 1.807) is 0 Å². The van der Waals surface area contributed by atoms with Crippen molar-refractivity contribution in [2.75, 3.05) is 0 Å². The Morgan fingerprint density at radius 1 is 1.00 bits per heavy atom. The van der Waals surface area contributed by atoms with Crippen molar-refractivity contribution in [1.29, 1.82) is 0 Å². The Balaban J connectivity index is 1.55. The van der Waals surface area contributed by atoms with Gasteiger partial charge in [0.05, 0.1) is 5.38 Å². The molecule has 5 unspecified atom stereocenters. The maximum atomic E-state index is 6.67. The molecule has 0 spiro atoms. The van der Waals surface area contributed by atoms with Crippen molar-refractivity contribution in [3.05, 3.63) is 34.9 Å². The lowest BCUT2D eigenvalue weighted by Gasteiger charge is -2.14. The van der Waals surface area contributed by atoms with Crippen molar-refractivity contribution in [3.8, 4) is 0 Å². The fraction of sp³-hybridized carbons (Fsp3) is 0.600. The minimum absolute atomic E-state index is 0.214. The molecule has 1 aromatic carbocycles. The number of rotatable bonds is 2. The van der Waals surface area contributed by atoms with Crippen molar-refractivity contribution in [2.24, 2.45) is 29.6 Å². The fourth-order valence-corrected chi connectivity index (χ4v) is 5.26. The van der Waals surface area contributed by atoms with Gasteiger partial charge in [0.25, 0.3) is 0 Å². The molecule has 17 heavy (non-hydrogen) atoms. The molecular weight excluding hydrogens is 251 g/mol. The quantitative estimate of drug-likeness (QED) is 0.668. The largest absolute Gasteiger partial charge is 0.117 e. The third-order valence-corrected chi connectivity index (χ3v) is 6.12. The first kappa shape index (κ1) is 10.7. The van der Waals surface area contributed by atoms with E-state index in [1.807, 2.05) is 12.1 Å². The monoisotopic (exact) mass is 266 g/mol. The molecule has 2 bridgehead atoms. The number of benzene rings is 1. The smallest absolute Gasteiger partial charge is 0.0619 e. The minimum Gasteiger partial charge on any atom is -0.117 e. The Labute approximate surface area is 112 Å². The highest BCUT2D eigenvalue weighted by Crippen LogP contribution is 2.73. The molecule has 0 N–H and O–H groups in total. The number of halogens is 2. The molecule has 4 rings (SSSR count). The normalized spacial score (nSPS) is 43.5. The van der Waals surface area contributed by atoms with Crippen LogP contribution in [0.5, 0.6) is 0 Å². The second-order valence-electron chi connectivity index (χ2n) is 6.02. The lowest BCUT2D eigenvalue weighted by Crippen LogP contribution is -2.04. The van der Waals surface area contributed by atoms with Crippen LogP contribution >= 0.6 is 23.2 Å². The average Bonchev–Trinajstić information content (AvgIpc) is 2.77. The molecular formula is C15H16Cl2. The van der Waals surface area contributed by atoms with E-state index >= 15 is 0 Å². The molecule has 0 aromatic heterocycles. The summed E-state index contributed by atoms with van der Waals surface area (Å²) >= 11 is 12.6. The summed E-state index contributed by atoms with van der Waals surface area (Å²) in [5.74, 6) is 4.66. The van der Waals surface area contributed by atoms with Crippen molar-refractivity contribution in [1.82, 2.24) is 0 Å². The molecule has 0 nitrogen and oxygen atoms in total. The van der Waals surface area contributed by atoms with Crippen LogP contribution in [0.2, 0.25) is 5.02 Å². The second-order valence-corrected chi connectivity index (χ2v) is 6.93. The van der Waals surface area contributed by atoms with Gasteiger partial charge in [-0.25, -0.2) is 0 Å². The summed E-state index contributed by atoms with van der Waals surface area (Å²) in [7, 11) is 0. The van der Waals surface area contributed by atoms with E-state index in [2.05, 4.69) is 12.1 Å². The molecule has 0 heterocycles. The second kappa shape index (κ2) is 3.65. The molecule has 5 atom stereocenters. The summed E-state index contributed by atoms with van der Waals surface area (Å²) in [5, 5.41) is 1.01. The first-order valence-corrected chi connectivity index (χ1v) is 7.46. The predicted molar refractivity (Wildman–Crippen MR) is 71.3 cm³/mol. The van der Waals surface area contributed by atoms with E-state index in [0.717, 1.165) is 34.6 Å². The summed E-state index contributed by atoms with van der Waals surface area (Å²) in [4.78, 5) is 0. The lowest BCUT2D eigenvalue weighted by molar-refractivity contribution is 0.455. The average molecular weight is 267 g/mol. The summed E-state index contributed by atoms with van der Waals surface area (Å²) in [6.07, 6.45) is 4.43. The number of hydrogen-bond donors (Lipinski definition) is 0. The molecule has 90 valence electrons. The Morgan fingerprint density at radius 3 is 2.18 bits per heavy atom. The van der Waals surface area contributed by atoms with Gasteiger partial charge in [-0.2, -0.15) is 0 Å². The maximum absolute atomic E-state index is 6.67. The third kappa shape index (κ3) is 1.50.